The van der Waals surface area contributed by atoms with Gasteiger partial charge in [-0.15, -0.1) is 10.2 Å². The molecule has 2 atom stereocenters. The summed E-state index contributed by atoms with van der Waals surface area (Å²) in [6, 6.07) is -0.710. The van der Waals surface area contributed by atoms with Gasteiger partial charge in [-0.1, -0.05) is 45.5 Å². The molecule has 2 amide bonds. The number of hydrogen-bond acceptors (Lipinski definition) is 6. The number of aliphatic hydroxyl groups excluding tert-OH is 1. The van der Waals surface area contributed by atoms with Crippen molar-refractivity contribution in [3.63, 3.8) is 0 Å². The van der Waals surface area contributed by atoms with Crippen LogP contribution in [-0.2, 0) is 9.59 Å². The Balaban J connectivity index is 2.72. The highest BCUT2D eigenvalue weighted by Crippen LogP contribution is 2.19. The molecule has 1 aromatic rings. The number of rotatable bonds is 6. The van der Waals surface area contributed by atoms with Crippen molar-refractivity contribution >= 4 is 28.3 Å². The lowest BCUT2D eigenvalue weighted by atomic mass is 9.88. The molecule has 3 N–H and O–H groups in total. The van der Waals surface area contributed by atoms with Gasteiger partial charge in [0.1, 0.15) is 17.2 Å². The summed E-state index contributed by atoms with van der Waals surface area (Å²) in [6.45, 7) is 8.99. The Morgan fingerprint density at radius 2 is 1.91 bits per heavy atom. The predicted molar refractivity (Wildman–Crippen MR) is 85.6 cm³/mol. The fourth-order valence-electron chi connectivity index (χ4n) is 1.74. The second-order valence-electron chi connectivity index (χ2n) is 6.23. The van der Waals surface area contributed by atoms with E-state index in [4.69, 9.17) is 0 Å². The van der Waals surface area contributed by atoms with Crippen LogP contribution in [0.25, 0.3) is 0 Å². The van der Waals surface area contributed by atoms with Crippen molar-refractivity contribution in [2.45, 2.75) is 59.6 Å². The van der Waals surface area contributed by atoms with Gasteiger partial charge in [0.05, 0.1) is 0 Å². The van der Waals surface area contributed by atoms with E-state index in [1.165, 1.54) is 11.3 Å². The van der Waals surface area contributed by atoms with Gasteiger partial charge in [0.2, 0.25) is 16.9 Å². The van der Waals surface area contributed by atoms with Crippen molar-refractivity contribution in [1.82, 2.24) is 15.5 Å². The zero-order chi connectivity index (χ0) is 16.9. The molecule has 0 aromatic carbocycles. The van der Waals surface area contributed by atoms with Gasteiger partial charge in [0.15, 0.2) is 0 Å². The molecule has 0 spiro atoms. The van der Waals surface area contributed by atoms with E-state index in [0.29, 0.717) is 11.6 Å². The van der Waals surface area contributed by atoms with Gasteiger partial charge >= 0.3 is 0 Å². The first kappa shape index (κ1) is 18.5. The minimum absolute atomic E-state index is 0.354. The smallest absolute Gasteiger partial charge is 0.250 e. The van der Waals surface area contributed by atoms with Crippen LogP contribution in [0, 0.1) is 12.3 Å². The molecule has 0 fully saturated rings. The van der Waals surface area contributed by atoms with Crippen LogP contribution >= 0.6 is 11.3 Å². The lowest BCUT2D eigenvalue weighted by molar-refractivity contribution is -0.137. The Hall–Kier alpha value is -1.54. The monoisotopic (exact) mass is 328 g/mol. The van der Waals surface area contributed by atoms with E-state index in [1.807, 2.05) is 6.92 Å². The van der Waals surface area contributed by atoms with Crippen molar-refractivity contribution in [1.29, 1.82) is 0 Å². The molecule has 0 radical (unpaired) electrons. The molecule has 1 heterocycles. The van der Waals surface area contributed by atoms with Gasteiger partial charge in [-0.2, -0.15) is 0 Å². The highest BCUT2D eigenvalue weighted by molar-refractivity contribution is 7.15. The Morgan fingerprint density at radius 1 is 1.27 bits per heavy atom. The number of nitrogens with zero attached hydrogens (tertiary/aromatic N) is 2. The van der Waals surface area contributed by atoms with Crippen molar-refractivity contribution in [3.05, 3.63) is 5.01 Å². The lowest BCUT2D eigenvalue weighted by Gasteiger charge is -2.26. The summed E-state index contributed by atoms with van der Waals surface area (Å²) in [7, 11) is 0. The number of aromatic nitrogens is 2. The predicted octanol–water partition coefficient (Wildman–Crippen LogP) is 1.48. The van der Waals surface area contributed by atoms with Crippen LogP contribution in [0.15, 0.2) is 0 Å². The van der Waals surface area contributed by atoms with Gasteiger partial charge < -0.3 is 10.4 Å². The fraction of sp³-hybridized carbons (Fsp3) is 0.714. The Morgan fingerprint density at radius 3 is 2.36 bits per heavy atom. The SMILES string of the molecule is CCCC(NC(=O)C(O)C(C)(C)C)C(=O)Nc1nnc(C)s1. The number of hydrogen-bond donors (Lipinski definition) is 3. The molecule has 0 aliphatic rings. The molecule has 0 bridgehead atoms. The third-order valence-electron chi connectivity index (χ3n) is 3.04. The molecular formula is C14H24N4O3S. The summed E-state index contributed by atoms with van der Waals surface area (Å²) in [4.78, 5) is 24.3. The maximum absolute atomic E-state index is 12.3. The number of carbonyl (C=O) groups excluding carboxylic acids is 2. The molecule has 22 heavy (non-hydrogen) atoms. The molecule has 0 aliphatic carbocycles. The summed E-state index contributed by atoms with van der Waals surface area (Å²) >= 11 is 1.26. The van der Waals surface area contributed by atoms with E-state index < -0.39 is 23.5 Å². The van der Waals surface area contributed by atoms with Crippen LogP contribution < -0.4 is 10.6 Å². The number of aliphatic hydroxyl groups is 1. The van der Waals surface area contributed by atoms with E-state index in [-0.39, 0.29) is 5.91 Å². The highest BCUT2D eigenvalue weighted by atomic mass is 32.1. The molecule has 2 unspecified atom stereocenters. The topological polar surface area (TPSA) is 104 Å². The third kappa shape index (κ3) is 5.34. The number of amides is 2. The van der Waals surface area contributed by atoms with Crippen molar-refractivity contribution in [3.8, 4) is 0 Å². The average Bonchev–Trinajstić information content (AvgIpc) is 2.81. The average molecular weight is 328 g/mol. The van der Waals surface area contributed by atoms with Crippen LogP contribution in [-0.4, -0.2) is 39.3 Å². The molecule has 7 nitrogen and oxygen atoms in total. The van der Waals surface area contributed by atoms with Crippen LogP contribution in [0.1, 0.15) is 45.5 Å². The van der Waals surface area contributed by atoms with Gasteiger partial charge in [-0.3, -0.25) is 14.9 Å². The fourth-order valence-corrected chi connectivity index (χ4v) is 2.34. The van der Waals surface area contributed by atoms with Crippen LogP contribution in [0.4, 0.5) is 5.13 Å². The van der Waals surface area contributed by atoms with E-state index in [0.717, 1.165) is 11.4 Å². The lowest BCUT2D eigenvalue weighted by Crippen LogP contribution is -2.50. The van der Waals surface area contributed by atoms with Gasteiger partial charge in [-0.25, -0.2) is 0 Å². The maximum atomic E-state index is 12.3. The quantitative estimate of drug-likeness (QED) is 0.733. The van der Waals surface area contributed by atoms with Crippen molar-refractivity contribution < 1.29 is 14.7 Å². The first-order valence-corrected chi connectivity index (χ1v) is 8.06. The standard InChI is InChI=1S/C14H24N4O3S/c1-6-7-9(15-12(21)10(19)14(3,4)5)11(20)16-13-18-17-8(2)22-13/h9-10,19H,6-7H2,1-5H3,(H,15,21)(H,16,18,20). The highest BCUT2D eigenvalue weighted by Gasteiger charge is 2.31. The van der Waals surface area contributed by atoms with Gasteiger partial charge in [-0.05, 0) is 18.8 Å². The molecular weight excluding hydrogens is 304 g/mol. The molecule has 1 aromatic heterocycles. The minimum atomic E-state index is -1.18. The summed E-state index contributed by atoms with van der Waals surface area (Å²) in [6.07, 6.45) is 0.0224. The molecule has 0 saturated carbocycles. The normalized spacial score (nSPS) is 14.3. The van der Waals surface area contributed by atoms with Crippen LogP contribution in [0.5, 0.6) is 0 Å². The number of aryl methyl sites for hydroxylation is 1. The van der Waals surface area contributed by atoms with E-state index >= 15 is 0 Å². The molecule has 0 aliphatic heterocycles. The maximum Gasteiger partial charge on any atom is 0.250 e. The Kier molecular flexibility index (Phi) is 6.43. The number of anilines is 1. The Labute approximate surface area is 134 Å². The molecule has 0 saturated heterocycles. The first-order valence-electron chi connectivity index (χ1n) is 7.24. The van der Waals surface area contributed by atoms with Crippen LogP contribution in [0.2, 0.25) is 0 Å². The molecule has 1 rings (SSSR count). The summed E-state index contributed by atoms with van der Waals surface area (Å²) in [5, 5.41) is 24.0. The molecule has 124 valence electrons. The summed E-state index contributed by atoms with van der Waals surface area (Å²) < 4.78 is 0. The first-order chi connectivity index (χ1) is 10.1. The summed E-state index contributed by atoms with van der Waals surface area (Å²) in [5.41, 5.74) is -0.590. The second kappa shape index (κ2) is 7.64. The van der Waals surface area contributed by atoms with E-state index in [1.54, 1.807) is 27.7 Å². The largest absolute Gasteiger partial charge is 0.383 e. The van der Waals surface area contributed by atoms with Crippen molar-refractivity contribution in [2.75, 3.05) is 5.32 Å². The number of carbonyl (C=O) groups is 2. The Bertz CT molecular complexity index is 524. The van der Waals surface area contributed by atoms with Gasteiger partial charge in [0.25, 0.3) is 0 Å². The second-order valence-corrected chi connectivity index (χ2v) is 7.42. The molecule has 8 heteroatoms. The van der Waals surface area contributed by atoms with Gasteiger partial charge in [0, 0.05) is 0 Å². The number of nitrogens with one attached hydrogen (secondary N) is 2. The zero-order valence-electron chi connectivity index (χ0n) is 13.6. The van der Waals surface area contributed by atoms with Crippen LogP contribution in [0.3, 0.4) is 0 Å². The van der Waals surface area contributed by atoms with E-state index in [2.05, 4.69) is 20.8 Å². The van der Waals surface area contributed by atoms with Crippen molar-refractivity contribution in [2.24, 2.45) is 5.41 Å². The zero-order valence-corrected chi connectivity index (χ0v) is 14.5. The minimum Gasteiger partial charge on any atom is -0.383 e. The summed E-state index contributed by atoms with van der Waals surface area (Å²) in [5.74, 6) is -0.901. The van der Waals surface area contributed by atoms with E-state index in [9.17, 15) is 14.7 Å². The third-order valence-corrected chi connectivity index (χ3v) is 3.79.